The third-order valence-electron chi connectivity index (χ3n) is 3.48. The molecular formula is C15H14FN3S2. The van der Waals surface area contributed by atoms with Crippen molar-refractivity contribution in [1.82, 2.24) is 9.97 Å². The van der Waals surface area contributed by atoms with E-state index in [-0.39, 0.29) is 5.82 Å². The highest BCUT2D eigenvalue weighted by Gasteiger charge is 2.18. The third kappa shape index (κ3) is 2.28. The lowest BCUT2D eigenvalue weighted by Gasteiger charge is -2.08. The van der Waals surface area contributed by atoms with Crippen LogP contribution in [0.15, 0.2) is 23.1 Å². The van der Waals surface area contributed by atoms with E-state index < -0.39 is 0 Å². The normalized spacial score (nSPS) is 11.2. The van der Waals surface area contributed by atoms with E-state index in [1.165, 1.54) is 17.8 Å². The molecule has 2 heterocycles. The van der Waals surface area contributed by atoms with Crippen molar-refractivity contribution in [1.29, 1.82) is 0 Å². The zero-order chi connectivity index (χ0) is 15.1. The highest BCUT2D eigenvalue weighted by molar-refractivity contribution is 7.98. The molecule has 3 aromatic rings. The van der Waals surface area contributed by atoms with Gasteiger partial charge in [0.1, 0.15) is 16.5 Å². The monoisotopic (exact) mass is 319 g/mol. The first-order valence-electron chi connectivity index (χ1n) is 6.39. The molecule has 0 aliphatic rings. The van der Waals surface area contributed by atoms with Gasteiger partial charge in [-0.15, -0.1) is 23.1 Å². The van der Waals surface area contributed by atoms with Crippen LogP contribution in [0.2, 0.25) is 0 Å². The van der Waals surface area contributed by atoms with Crippen molar-refractivity contribution in [2.45, 2.75) is 18.7 Å². The van der Waals surface area contributed by atoms with Gasteiger partial charge in [-0.05, 0) is 37.8 Å². The molecule has 1 aromatic carbocycles. The highest BCUT2D eigenvalue weighted by atomic mass is 32.2. The number of nitrogens with zero attached hydrogens (tertiary/aromatic N) is 2. The average molecular weight is 319 g/mol. The number of fused-ring (bicyclic) bond motifs is 1. The zero-order valence-corrected chi connectivity index (χ0v) is 13.5. The van der Waals surface area contributed by atoms with Crippen LogP contribution >= 0.6 is 23.1 Å². The van der Waals surface area contributed by atoms with Gasteiger partial charge in [0.25, 0.3) is 0 Å². The molecule has 21 heavy (non-hydrogen) atoms. The molecule has 0 spiro atoms. The molecule has 2 aromatic heterocycles. The van der Waals surface area contributed by atoms with Crippen LogP contribution in [0, 0.1) is 19.7 Å². The average Bonchev–Trinajstić information content (AvgIpc) is 2.73. The van der Waals surface area contributed by atoms with Crippen LogP contribution in [0.1, 0.15) is 10.4 Å². The van der Waals surface area contributed by atoms with E-state index in [4.69, 9.17) is 5.73 Å². The number of nitrogen functional groups attached to an aromatic ring is 1. The highest BCUT2D eigenvalue weighted by Crippen LogP contribution is 2.36. The smallest absolute Gasteiger partial charge is 0.167 e. The minimum absolute atomic E-state index is 0.328. The second-order valence-electron chi connectivity index (χ2n) is 4.71. The minimum atomic E-state index is -0.328. The predicted molar refractivity (Wildman–Crippen MR) is 88.5 cm³/mol. The molecule has 0 aliphatic heterocycles. The number of aromatic nitrogens is 2. The molecular weight excluding hydrogens is 305 g/mol. The standard InChI is InChI=1S/C15H14FN3S2/c1-7-8(2)21-15-11(7)13(17)18-14(19-15)12-9(16)5-4-6-10(12)20-3/h4-6H,1-3H3,(H2,17,18,19). The molecule has 0 amide bonds. The van der Waals surface area contributed by atoms with Crippen molar-refractivity contribution in [3.8, 4) is 11.4 Å². The number of halogens is 1. The zero-order valence-electron chi connectivity index (χ0n) is 11.9. The maximum atomic E-state index is 14.2. The summed E-state index contributed by atoms with van der Waals surface area (Å²) in [6.45, 7) is 4.03. The van der Waals surface area contributed by atoms with Crippen molar-refractivity contribution < 1.29 is 4.39 Å². The van der Waals surface area contributed by atoms with E-state index in [2.05, 4.69) is 9.97 Å². The molecule has 0 saturated carbocycles. The number of nitrogens with two attached hydrogens (primary N) is 1. The fourth-order valence-electron chi connectivity index (χ4n) is 2.28. The van der Waals surface area contributed by atoms with Crippen molar-refractivity contribution in [2.75, 3.05) is 12.0 Å². The summed E-state index contributed by atoms with van der Waals surface area (Å²) in [6, 6.07) is 4.97. The summed E-state index contributed by atoms with van der Waals surface area (Å²) in [6.07, 6.45) is 1.90. The maximum Gasteiger partial charge on any atom is 0.167 e. The van der Waals surface area contributed by atoms with Crippen LogP contribution in [0.3, 0.4) is 0 Å². The lowest BCUT2D eigenvalue weighted by atomic mass is 10.1. The van der Waals surface area contributed by atoms with Crippen molar-refractivity contribution in [3.05, 3.63) is 34.5 Å². The summed E-state index contributed by atoms with van der Waals surface area (Å²) < 4.78 is 14.2. The number of aryl methyl sites for hydroxylation is 2. The molecule has 108 valence electrons. The molecule has 3 nitrogen and oxygen atoms in total. The largest absolute Gasteiger partial charge is 0.383 e. The third-order valence-corrected chi connectivity index (χ3v) is 5.36. The van der Waals surface area contributed by atoms with E-state index in [1.54, 1.807) is 17.4 Å². The Kier molecular flexibility index (Phi) is 3.59. The molecule has 0 unspecified atom stereocenters. The number of hydrogen-bond donors (Lipinski definition) is 1. The number of anilines is 1. The molecule has 0 atom stereocenters. The SMILES string of the molecule is CSc1cccc(F)c1-c1nc(N)c2c(C)c(C)sc2n1. The molecule has 0 bridgehead atoms. The topological polar surface area (TPSA) is 51.8 Å². The van der Waals surface area contributed by atoms with Crippen LogP contribution in [0.4, 0.5) is 10.2 Å². The van der Waals surface area contributed by atoms with Gasteiger partial charge in [0.2, 0.25) is 0 Å². The summed E-state index contributed by atoms with van der Waals surface area (Å²) in [7, 11) is 0. The molecule has 0 aliphatic carbocycles. The number of thioether (sulfide) groups is 1. The summed E-state index contributed by atoms with van der Waals surface area (Å²) >= 11 is 3.03. The second-order valence-corrected chi connectivity index (χ2v) is 6.76. The molecule has 6 heteroatoms. The fraction of sp³-hybridized carbons (Fsp3) is 0.200. The van der Waals surface area contributed by atoms with Crippen molar-refractivity contribution in [2.24, 2.45) is 0 Å². The Morgan fingerprint density at radius 1 is 1.24 bits per heavy atom. The van der Waals surface area contributed by atoms with Gasteiger partial charge in [0.15, 0.2) is 5.82 Å². The van der Waals surface area contributed by atoms with Gasteiger partial charge in [-0.2, -0.15) is 0 Å². The Morgan fingerprint density at radius 3 is 2.71 bits per heavy atom. The first-order valence-corrected chi connectivity index (χ1v) is 8.43. The van der Waals surface area contributed by atoms with Gasteiger partial charge in [0.05, 0.1) is 10.9 Å². The van der Waals surface area contributed by atoms with Gasteiger partial charge in [-0.3, -0.25) is 0 Å². The van der Waals surface area contributed by atoms with Gasteiger partial charge < -0.3 is 5.73 Å². The van der Waals surface area contributed by atoms with Crippen molar-refractivity contribution >= 4 is 39.1 Å². The summed E-state index contributed by atoms with van der Waals surface area (Å²) in [4.78, 5) is 11.6. The first-order chi connectivity index (χ1) is 10.0. The minimum Gasteiger partial charge on any atom is -0.383 e. The van der Waals surface area contributed by atoms with Crippen LogP contribution in [-0.2, 0) is 0 Å². The lowest BCUT2D eigenvalue weighted by molar-refractivity contribution is 0.627. The van der Waals surface area contributed by atoms with E-state index in [0.29, 0.717) is 17.2 Å². The van der Waals surface area contributed by atoms with Crippen LogP contribution in [-0.4, -0.2) is 16.2 Å². The lowest BCUT2D eigenvalue weighted by Crippen LogP contribution is -1.99. The Morgan fingerprint density at radius 2 is 2.00 bits per heavy atom. The van der Waals surface area contributed by atoms with Crippen molar-refractivity contribution in [3.63, 3.8) is 0 Å². The number of thiophene rings is 1. The van der Waals surface area contributed by atoms with E-state index in [1.807, 2.05) is 26.2 Å². The predicted octanol–water partition coefficient (Wildman–Crippen LogP) is 4.42. The number of benzene rings is 1. The van der Waals surface area contributed by atoms with Gasteiger partial charge in [-0.1, -0.05) is 6.07 Å². The fourth-order valence-corrected chi connectivity index (χ4v) is 3.93. The molecule has 3 rings (SSSR count). The molecule has 2 N–H and O–H groups in total. The van der Waals surface area contributed by atoms with Crippen LogP contribution < -0.4 is 5.73 Å². The Bertz CT molecular complexity index is 843. The number of rotatable bonds is 2. The summed E-state index contributed by atoms with van der Waals surface area (Å²) in [5, 5.41) is 0.878. The molecule has 0 saturated heterocycles. The first kappa shape index (κ1) is 14.3. The molecule has 0 radical (unpaired) electrons. The quantitative estimate of drug-likeness (QED) is 0.710. The van der Waals surface area contributed by atoms with Gasteiger partial charge in [0, 0.05) is 9.77 Å². The van der Waals surface area contributed by atoms with Crippen LogP contribution in [0.25, 0.3) is 21.6 Å². The Hall–Kier alpha value is -1.66. The maximum absolute atomic E-state index is 14.2. The van der Waals surface area contributed by atoms with Crippen LogP contribution in [0.5, 0.6) is 0 Å². The van der Waals surface area contributed by atoms with E-state index in [0.717, 1.165) is 25.6 Å². The van der Waals surface area contributed by atoms with E-state index in [9.17, 15) is 4.39 Å². The van der Waals surface area contributed by atoms with Gasteiger partial charge in [-0.25, -0.2) is 14.4 Å². The van der Waals surface area contributed by atoms with E-state index >= 15 is 0 Å². The summed E-state index contributed by atoms with van der Waals surface area (Å²) in [5.74, 6) is 0.432. The number of hydrogen-bond acceptors (Lipinski definition) is 5. The Balaban J connectivity index is 2.32. The summed E-state index contributed by atoms with van der Waals surface area (Å²) in [5.41, 5.74) is 7.59. The van der Waals surface area contributed by atoms with Gasteiger partial charge >= 0.3 is 0 Å². The Labute approximate surface area is 130 Å². The molecule has 0 fully saturated rings. The second kappa shape index (κ2) is 5.27.